The van der Waals surface area contributed by atoms with E-state index in [1.54, 1.807) is 6.92 Å². The summed E-state index contributed by atoms with van der Waals surface area (Å²) in [5.41, 5.74) is 2.70. The summed E-state index contributed by atoms with van der Waals surface area (Å²) in [7, 11) is 0. The van der Waals surface area contributed by atoms with Crippen LogP contribution in [0.25, 0.3) is 11.0 Å². The fourth-order valence-electron chi connectivity index (χ4n) is 2.25. The lowest BCUT2D eigenvalue weighted by Gasteiger charge is -2.11. The first-order chi connectivity index (χ1) is 11.3. The number of para-hydroxylation sites is 2. The van der Waals surface area contributed by atoms with Crippen molar-refractivity contribution in [2.75, 3.05) is 11.9 Å². The van der Waals surface area contributed by atoms with E-state index in [0.717, 1.165) is 11.1 Å². The van der Waals surface area contributed by atoms with E-state index in [1.807, 2.05) is 54.6 Å². The van der Waals surface area contributed by atoms with Gasteiger partial charge in [-0.2, -0.15) is 0 Å². The third-order valence-electron chi connectivity index (χ3n) is 3.34. The topological polar surface area (TPSA) is 64.1 Å². The molecule has 0 unspecified atom stereocenters. The largest absolute Gasteiger partial charge is 0.461 e. The molecule has 3 rings (SSSR count). The molecular weight excluding hydrogens is 290 g/mol. The van der Waals surface area contributed by atoms with Gasteiger partial charge in [-0.25, -0.2) is 14.8 Å². The molecule has 0 aliphatic rings. The number of nitrogens with one attached hydrogen (secondary N) is 1. The van der Waals surface area contributed by atoms with Crippen LogP contribution in [-0.2, 0) is 11.3 Å². The first-order valence-corrected chi connectivity index (χ1v) is 7.49. The lowest BCUT2D eigenvalue weighted by Crippen LogP contribution is -2.14. The van der Waals surface area contributed by atoms with Crippen molar-refractivity contribution in [3.63, 3.8) is 0 Å². The number of ether oxygens (including phenoxy) is 1. The Morgan fingerprint density at radius 1 is 1.00 bits per heavy atom. The lowest BCUT2D eigenvalue weighted by atomic mass is 10.2. The van der Waals surface area contributed by atoms with Gasteiger partial charge in [0.1, 0.15) is 0 Å². The number of anilines is 1. The summed E-state index contributed by atoms with van der Waals surface area (Å²) in [5.74, 6) is -0.0349. The van der Waals surface area contributed by atoms with Crippen molar-refractivity contribution in [3.8, 4) is 0 Å². The molecule has 1 aromatic heterocycles. The molecule has 5 heteroatoms. The maximum atomic E-state index is 12.2. The van der Waals surface area contributed by atoms with Gasteiger partial charge < -0.3 is 10.1 Å². The minimum atomic E-state index is -0.471. The van der Waals surface area contributed by atoms with Crippen molar-refractivity contribution in [1.82, 2.24) is 9.97 Å². The first-order valence-electron chi connectivity index (χ1n) is 7.49. The highest BCUT2D eigenvalue weighted by Gasteiger charge is 2.17. The predicted octanol–water partition coefficient (Wildman–Crippen LogP) is 3.42. The second kappa shape index (κ2) is 6.87. The van der Waals surface area contributed by atoms with Crippen LogP contribution in [-0.4, -0.2) is 22.5 Å². The fraction of sp³-hybridized carbons (Fsp3) is 0.167. The summed E-state index contributed by atoms with van der Waals surface area (Å²) in [5, 5.41) is 3.19. The molecule has 0 atom stereocenters. The molecule has 0 bridgehead atoms. The number of benzene rings is 2. The van der Waals surface area contributed by atoms with Crippen molar-refractivity contribution in [1.29, 1.82) is 0 Å². The Hall–Kier alpha value is -2.95. The van der Waals surface area contributed by atoms with Gasteiger partial charge in [-0.1, -0.05) is 42.5 Å². The van der Waals surface area contributed by atoms with Gasteiger partial charge >= 0.3 is 5.97 Å². The molecule has 1 N–H and O–H groups in total. The van der Waals surface area contributed by atoms with Crippen molar-refractivity contribution < 1.29 is 9.53 Å². The average Bonchev–Trinajstić information content (AvgIpc) is 2.60. The lowest BCUT2D eigenvalue weighted by molar-refractivity contribution is 0.0521. The van der Waals surface area contributed by atoms with Crippen LogP contribution in [0.4, 0.5) is 5.82 Å². The Morgan fingerprint density at radius 3 is 2.35 bits per heavy atom. The molecule has 1 heterocycles. The third-order valence-corrected chi connectivity index (χ3v) is 3.34. The summed E-state index contributed by atoms with van der Waals surface area (Å²) < 4.78 is 5.09. The molecule has 0 radical (unpaired) electrons. The van der Waals surface area contributed by atoms with Crippen LogP contribution in [0.15, 0.2) is 54.6 Å². The SMILES string of the molecule is CCOC(=O)c1nc2ccccc2nc1NCc1ccccc1. The fourth-order valence-corrected chi connectivity index (χ4v) is 2.25. The highest BCUT2D eigenvalue weighted by Crippen LogP contribution is 2.18. The Kier molecular flexibility index (Phi) is 4.47. The van der Waals surface area contributed by atoms with Gasteiger partial charge in [0, 0.05) is 6.54 Å². The first kappa shape index (κ1) is 15.0. The summed E-state index contributed by atoms with van der Waals surface area (Å²) in [6.07, 6.45) is 0. The van der Waals surface area contributed by atoms with Gasteiger partial charge in [-0.05, 0) is 24.6 Å². The summed E-state index contributed by atoms with van der Waals surface area (Å²) in [6, 6.07) is 17.4. The second-order valence-electron chi connectivity index (χ2n) is 4.97. The number of hydrogen-bond donors (Lipinski definition) is 1. The quantitative estimate of drug-likeness (QED) is 0.732. The molecule has 0 amide bonds. The number of nitrogens with zero attached hydrogens (tertiary/aromatic N) is 2. The Morgan fingerprint density at radius 2 is 1.65 bits per heavy atom. The van der Waals surface area contributed by atoms with Crippen LogP contribution in [0.5, 0.6) is 0 Å². The van der Waals surface area contributed by atoms with E-state index in [2.05, 4.69) is 15.3 Å². The van der Waals surface area contributed by atoms with E-state index in [-0.39, 0.29) is 5.69 Å². The number of fused-ring (bicyclic) bond motifs is 1. The van der Waals surface area contributed by atoms with Gasteiger partial charge in [0.05, 0.1) is 17.6 Å². The minimum absolute atomic E-state index is 0.210. The standard InChI is InChI=1S/C18H17N3O2/c1-2-23-18(22)16-17(19-12-13-8-4-3-5-9-13)21-15-11-7-6-10-14(15)20-16/h3-11H,2,12H2,1H3,(H,19,21). The molecule has 0 aliphatic carbocycles. The van der Waals surface area contributed by atoms with E-state index < -0.39 is 5.97 Å². The highest BCUT2D eigenvalue weighted by molar-refractivity contribution is 5.95. The van der Waals surface area contributed by atoms with E-state index in [9.17, 15) is 4.79 Å². The maximum absolute atomic E-state index is 12.2. The Balaban J connectivity index is 1.95. The maximum Gasteiger partial charge on any atom is 0.360 e. The zero-order valence-electron chi connectivity index (χ0n) is 12.8. The average molecular weight is 307 g/mol. The molecular formula is C18H17N3O2. The summed E-state index contributed by atoms with van der Waals surface area (Å²) in [4.78, 5) is 21.1. The van der Waals surface area contributed by atoms with E-state index in [1.165, 1.54) is 0 Å². The monoisotopic (exact) mass is 307 g/mol. The van der Waals surface area contributed by atoms with E-state index in [0.29, 0.717) is 24.5 Å². The number of carbonyl (C=O) groups is 1. The molecule has 0 saturated carbocycles. The van der Waals surface area contributed by atoms with Crippen LogP contribution in [0.1, 0.15) is 23.0 Å². The van der Waals surface area contributed by atoms with Gasteiger partial charge in [0.15, 0.2) is 11.5 Å². The van der Waals surface area contributed by atoms with Crippen LogP contribution < -0.4 is 5.32 Å². The normalized spacial score (nSPS) is 10.5. The molecule has 0 aliphatic heterocycles. The Bertz CT molecular complexity index is 819. The molecule has 0 saturated heterocycles. The summed E-state index contributed by atoms with van der Waals surface area (Å²) in [6.45, 7) is 2.62. The Labute approximate surface area is 134 Å². The van der Waals surface area contributed by atoms with Gasteiger partial charge in [0.25, 0.3) is 0 Å². The minimum Gasteiger partial charge on any atom is -0.461 e. The predicted molar refractivity (Wildman–Crippen MR) is 89.3 cm³/mol. The number of aromatic nitrogens is 2. The van der Waals surface area contributed by atoms with Crippen LogP contribution >= 0.6 is 0 Å². The number of esters is 1. The number of rotatable bonds is 5. The van der Waals surface area contributed by atoms with Crippen molar-refractivity contribution >= 4 is 22.8 Å². The molecule has 23 heavy (non-hydrogen) atoms. The van der Waals surface area contributed by atoms with Gasteiger partial charge in [-0.15, -0.1) is 0 Å². The molecule has 3 aromatic rings. The number of hydrogen-bond acceptors (Lipinski definition) is 5. The van der Waals surface area contributed by atoms with Crippen LogP contribution in [0, 0.1) is 0 Å². The molecule has 116 valence electrons. The molecule has 0 fully saturated rings. The zero-order valence-corrected chi connectivity index (χ0v) is 12.8. The third kappa shape index (κ3) is 3.45. The van der Waals surface area contributed by atoms with Crippen LogP contribution in [0.2, 0.25) is 0 Å². The zero-order chi connectivity index (χ0) is 16.1. The van der Waals surface area contributed by atoms with Crippen molar-refractivity contribution in [2.24, 2.45) is 0 Å². The number of carbonyl (C=O) groups excluding carboxylic acids is 1. The van der Waals surface area contributed by atoms with Crippen molar-refractivity contribution in [3.05, 3.63) is 65.9 Å². The second-order valence-corrected chi connectivity index (χ2v) is 4.97. The van der Waals surface area contributed by atoms with Gasteiger partial charge in [0.2, 0.25) is 0 Å². The molecule has 5 nitrogen and oxygen atoms in total. The van der Waals surface area contributed by atoms with Crippen molar-refractivity contribution in [2.45, 2.75) is 13.5 Å². The van der Waals surface area contributed by atoms with E-state index >= 15 is 0 Å². The molecule has 0 spiro atoms. The van der Waals surface area contributed by atoms with E-state index in [4.69, 9.17) is 4.74 Å². The summed E-state index contributed by atoms with van der Waals surface area (Å²) >= 11 is 0. The van der Waals surface area contributed by atoms with Gasteiger partial charge in [-0.3, -0.25) is 0 Å². The highest BCUT2D eigenvalue weighted by atomic mass is 16.5. The molecule has 2 aromatic carbocycles. The van der Waals surface area contributed by atoms with Crippen LogP contribution in [0.3, 0.4) is 0 Å². The smallest absolute Gasteiger partial charge is 0.360 e.